The Morgan fingerprint density at radius 1 is 0.488 bits per heavy atom. The second-order valence-corrected chi connectivity index (χ2v) is 12.2. The molecule has 0 aliphatic carbocycles. The minimum Gasteiger partial charge on any atom is -0.493 e. The third kappa shape index (κ3) is 8.08. The lowest BCUT2D eigenvalue weighted by Crippen LogP contribution is -2.08. The maximum atomic E-state index is 12.0. The van der Waals surface area contributed by atoms with E-state index in [9.17, 15) is 5.53 Å². The Labute approximate surface area is 252 Å². The van der Waals surface area contributed by atoms with Crippen LogP contribution in [-0.4, -0.2) is 4.70 Å². The molecule has 2 heteroatoms. The first-order chi connectivity index (χ1) is 20.0. The van der Waals surface area contributed by atoms with Gasteiger partial charge in [0.25, 0.3) is 0 Å². The van der Waals surface area contributed by atoms with E-state index in [-0.39, 0.29) is 0 Å². The number of rotatable bonds is 18. The zero-order valence-corrected chi connectivity index (χ0v) is 27.6. The van der Waals surface area contributed by atoms with E-state index in [0.29, 0.717) is 0 Å². The van der Waals surface area contributed by atoms with Crippen molar-refractivity contribution < 1.29 is 4.70 Å². The molecule has 3 rings (SSSR count). The minimum absolute atomic E-state index is 0.955. The zero-order valence-electron chi connectivity index (χ0n) is 27.6. The predicted molar refractivity (Wildman–Crippen MR) is 180 cm³/mol. The van der Waals surface area contributed by atoms with Crippen LogP contribution in [0.4, 0.5) is 0 Å². The predicted octanol–water partition coefficient (Wildman–Crippen LogP) is 11.8. The van der Waals surface area contributed by atoms with Crippen LogP contribution in [0.15, 0.2) is 35.9 Å². The lowest BCUT2D eigenvalue weighted by atomic mass is 9.88. The smallest absolute Gasteiger partial charge is 0.210 e. The van der Waals surface area contributed by atoms with Crippen molar-refractivity contribution in [3.05, 3.63) is 86.0 Å². The van der Waals surface area contributed by atoms with Gasteiger partial charge >= 0.3 is 0 Å². The quantitative estimate of drug-likeness (QED) is 0.129. The molecule has 2 aromatic carbocycles. The van der Waals surface area contributed by atoms with E-state index < -0.39 is 0 Å². The first kappa shape index (κ1) is 33.0. The third-order valence-electron chi connectivity index (χ3n) is 8.62. The summed E-state index contributed by atoms with van der Waals surface area (Å²) in [5, 5.41) is 0. The number of nitrogens with zero attached hydrogens (tertiary/aromatic N) is 2. The van der Waals surface area contributed by atoms with Crippen molar-refractivity contribution in [1.82, 2.24) is 0 Å². The SMILES string of the molecule is CCCCCC1=C(c2cc(CCC)c(CCC)c(CCC)c2)[N+](=[N-])C(c2cc(CCC)c(CCC)c(CCC)c2)=C1. The van der Waals surface area contributed by atoms with E-state index >= 15 is 0 Å². The van der Waals surface area contributed by atoms with Crippen LogP contribution in [0.1, 0.15) is 157 Å². The molecule has 1 aliphatic rings. The van der Waals surface area contributed by atoms with Crippen LogP contribution in [0.3, 0.4) is 0 Å². The monoisotopic (exact) mass is 554 g/mol. The maximum absolute atomic E-state index is 12.0. The number of allylic oxidation sites excluding steroid dienone is 2. The number of aryl methyl sites for hydroxylation is 4. The van der Waals surface area contributed by atoms with E-state index in [1.165, 1.54) is 64.6 Å². The standard InChI is InChI=1S/C39H58N2/c1-8-15-16-23-33-28-38(34-24-29(17-9-2)36(21-13-6)30(25-34)18-10-3)41(40)39(33)35-26-31(19-11-4)37(22-14-7)32(27-35)20-12-5/h24-28H,8-23H2,1-7H3. The van der Waals surface area contributed by atoms with Crippen molar-refractivity contribution >= 4 is 11.4 Å². The van der Waals surface area contributed by atoms with Gasteiger partial charge in [-0.3, -0.25) is 0 Å². The molecule has 1 heterocycles. The molecule has 0 amide bonds. The van der Waals surface area contributed by atoms with Gasteiger partial charge in [0, 0.05) is 22.8 Å². The summed E-state index contributed by atoms with van der Waals surface area (Å²) in [6.45, 7) is 16.0. The molecule has 0 radical (unpaired) electrons. The van der Waals surface area contributed by atoms with E-state index in [2.05, 4.69) is 78.8 Å². The van der Waals surface area contributed by atoms with Gasteiger partial charge < -0.3 is 5.53 Å². The summed E-state index contributed by atoms with van der Waals surface area (Å²) in [4.78, 5) is 0. The van der Waals surface area contributed by atoms with Crippen molar-refractivity contribution in [3.8, 4) is 0 Å². The van der Waals surface area contributed by atoms with Gasteiger partial charge in [-0.25, -0.2) is 4.70 Å². The van der Waals surface area contributed by atoms with Gasteiger partial charge in [0.15, 0.2) is 0 Å². The molecule has 0 fully saturated rings. The Kier molecular flexibility index (Phi) is 13.6. The molecule has 2 nitrogen and oxygen atoms in total. The van der Waals surface area contributed by atoms with Crippen molar-refractivity contribution in [2.24, 2.45) is 0 Å². The van der Waals surface area contributed by atoms with Gasteiger partial charge in [-0.05, 0) is 109 Å². The van der Waals surface area contributed by atoms with Crippen LogP contribution in [0, 0.1) is 0 Å². The van der Waals surface area contributed by atoms with Gasteiger partial charge in [-0.15, -0.1) is 0 Å². The van der Waals surface area contributed by atoms with Gasteiger partial charge in [0.1, 0.15) is 0 Å². The Hall–Kier alpha value is -2.48. The van der Waals surface area contributed by atoms with Gasteiger partial charge in [0.05, 0.1) is 0 Å². The van der Waals surface area contributed by atoms with Crippen molar-refractivity contribution in [1.29, 1.82) is 0 Å². The second kappa shape index (κ2) is 16.8. The maximum Gasteiger partial charge on any atom is 0.210 e. The summed E-state index contributed by atoms with van der Waals surface area (Å²) >= 11 is 0. The van der Waals surface area contributed by atoms with Crippen LogP contribution in [0.25, 0.3) is 16.9 Å². The Morgan fingerprint density at radius 2 is 0.902 bits per heavy atom. The summed E-state index contributed by atoms with van der Waals surface area (Å²) in [6, 6.07) is 9.62. The van der Waals surface area contributed by atoms with Crippen LogP contribution >= 0.6 is 0 Å². The number of unbranched alkanes of at least 4 members (excludes halogenated alkanes) is 2. The number of hydrogen-bond acceptors (Lipinski definition) is 0. The number of hydrogen-bond donors (Lipinski definition) is 0. The Morgan fingerprint density at radius 3 is 1.29 bits per heavy atom. The molecule has 224 valence electrons. The van der Waals surface area contributed by atoms with Gasteiger partial charge in [-0.2, -0.15) is 0 Å². The molecule has 0 saturated heterocycles. The lowest BCUT2D eigenvalue weighted by molar-refractivity contribution is -0.344. The van der Waals surface area contributed by atoms with Crippen molar-refractivity contribution in [2.45, 2.75) is 151 Å². The van der Waals surface area contributed by atoms with Crippen LogP contribution in [0.5, 0.6) is 0 Å². The molecule has 41 heavy (non-hydrogen) atoms. The largest absolute Gasteiger partial charge is 0.493 e. The van der Waals surface area contributed by atoms with E-state index in [1.807, 2.05) is 0 Å². The molecule has 0 unspecified atom stereocenters. The van der Waals surface area contributed by atoms with E-state index in [0.717, 1.165) is 88.4 Å². The molecule has 0 spiro atoms. The van der Waals surface area contributed by atoms with Crippen molar-refractivity contribution in [2.75, 3.05) is 0 Å². The molecule has 0 atom stereocenters. The molecule has 0 saturated carbocycles. The van der Waals surface area contributed by atoms with Gasteiger partial charge in [-0.1, -0.05) is 99.8 Å². The lowest BCUT2D eigenvalue weighted by Gasteiger charge is -2.19. The molecular weight excluding hydrogens is 496 g/mol. The summed E-state index contributed by atoms with van der Waals surface area (Å²) < 4.78 is 1.56. The Balaban J connectivity index is 2.18. The van der Waals surface area contributed by atoms with Crippen LogP contribution in [0.2, 0.25) is 0 Å². The number of benzene rings is 2. The van der Waals surface area contributed by atoms with Crippen LogP contribution < -0.4 is 0 Å². The minimum atomic E-state index is 0.955. The van der Waals surface area contributed by atoms with Crippen molar-refractivity contribution in [3.63, 3.8) is 0 Å². The fourth-order valence-electron chi connectivity index (χ4n) is 6.81. The first-order valence-corrected chi connectivity index (χ1v) is 17.2. The molecule has 1 aliphatic heterocycles. The molecule has 0 aromatic heterocycles. The molecule has 0 N–H and O–H groups in total. The summed E-state index contributed by atoms with van der Waals surface area (Å²) in [6.07, 6.45) is 20.5. The summed E-state index contributed by atoms with van der Waals surface area (Å²) in [5.74, 6) is 0. The van der Waals surface area contributed by atoms with E-state index in [1.54, 1.807) is 15.8 Å². The van der Waals surface area contributed by atoms with Crippen LogP contribution in [-0.2, 0) is 38.5 Å². The highest BCUT2D eigenvalue weighted by Gasteiger charge is 2.30. The third-order valence-corrected chi connectivity index (χ3v) is 8.62. The highest BCUT2D eigenvalue weighted by atomic mass is 15.2. The van der Waals surface area contributed by atoms with Gasteiger partial charge in [0.2, 0.25) is 11.4 Å². The normalized spacial score (nSPS) is 13.4. The summed E-state index contributed by atoms with van der Waals surface area (Å²) in [7, 11) is 0. The zero-order chi connectivity index (χ0) is 29.8. The summed E-state index contributed by atoms with van der Waals surface area (Å²) in [5.41, 5.74) is 26.7. The Bertz CT molecular complexity index is 1170. The van der Waals surface area contributed by atoms with E-state index in [4.69, 9.17) is 0 Å². The molecular formula is C39H58N2. The molecule has 0 bridgehead atoms. The average molecular weight is 555 g/mol. The topological polar surface area (TPSA) is 25.3 Å². The average Bonchev–Trinajstić information content (AvgIpc) is 3.28. The second-order valence-electron chi connectivity index (χ2n) is 12.2. The highest BCUT2D eigenvalue weighted by molar-refractivity contribution is 5.79. The fraction of sp³-hybridized carbons (Fsp3) is 0.590. The molecule has 2 aromatic rings. The fourth-order valence-corrected chi connectivity index (χ4v) is 6.81. The highest BCUT2D eigenvalue weighted by Crippen LogP contribution is 2.40. The first-order valence-electron chi connectivity index (χ1n) is 17.2.